The van der Waals surface area contributed by atoms with Gasteiger partial charge in [-0.1, -0.05) is 77.1 Å². The average molecular weight is 381 g/mol. The standard InChI is InChI=1S/C26H36O2/c1-8-26(9-2,22-13-14-23(27)19(4)17-22)21-12-10-20(18(3)16-21)11-15-24(28)25(5,6)7/h10-17,24,27-28H,8-9H2,1-7H3/b15-11-. The smallest absolute Gasteiger partial charge is 0.118 e. The normalized spacial score (nSPS) is 13.9. The zero-order chi connectivity index (χ0) is 21.1. The van der Waals surface area contributed by atoms with Gasteiger partial charge in [0.2, 0.25) is 0 Å². The summed E-state index contributed by atoms with van der Waals surface area (Å²) in [6.45, 7) is 14.7. The van der Waals surface area contributed by atoms with E-state index in [4.69, 9.17) is 0 Å². The van der Waals surface area contributed by atoms with E-state index in [1.165, 1.54) is 16.7 Å². The number of phenols is 1. The molecule has 1 atom stereocenters. The van der Waals surface area contributed by atoms with Crippen LogP contribution >= 0.6 is 0 Å². The molecule has 2 nitrogen and oxygen atoms in total. The van der Waals surface area contributed by atoms with Gasteiger partial charge in [0.25, 0.3) is 0 Å². The van der Waals surface area contributed by atoms with Gasteiger partial charge in [-0.2, -0.15) is 0 Å². The van der Waals surface area contributed by atoms with Crippen LogP contribution in [0, 0.1) is 19.3 Å². The number of hydrogen-bond donors (Lipinski definition) is 2. The molecule has 0 heterocycles. The van der Waals surface area contributed by atoms with Gasteiger partial charge in [0, 0.05) is 5.41 Å². The van der Waals surface area contributed by atoms with Crippen LogP contribution in [0.5, 0.6) is 5.75 Å². The molecule has 0 aromatic heterocycles. The minimum absolute atomic E-state index is 0.0730. The van der Waals surface area contributed by atoms with E-state index < -0.39 is 6.10 Å². The van der Waals surface area contributed by atoms with Gasteiger partial charge in [-0.05, 0) is 66.0 Å². The molecule has 2 aromatic rings. The molecule has 0 aliphatic rings. The minimum atomic E-state index is -0.475. The molecule has 0 radical (unpaired) electrons. The first-order valence-corrected chi connectivity index (χ1v) is 10.3. The second-order valence-electron chi connectivity index (χ2n) is 9.03. The van der Waals surface area contributed by atoms with Crippen molar-refractivity contribution in [1.82, 2.24) is 0 Å². The lowest BCUT2D eigenvalue weighted by Gasteiger charge is -2.34. The molecule has 28 heavy (non-hydrogen) atoms. The van der Waals surface area contributed by atoms with Gasteiger partial charge < -0.3 is 10.2 Å². The summed E-state index contributed by atoms with van der Waals surface area (Å²) < 4.78 is 0. The summed E-state index contributed by atoms with van der Waals surface area (Å²) in [7, 11) is 0. The largest absolute Gasteiger partial charge is 0.508 e. The zero-order valence-corrected chi connectivity index (χ0v) is 18.5. The van der Waals surface area contributed by atoms with E-state index in [2.05, 4.69) is 51.1 Å². The Bertz CT molecular complexity index is 836. The second-order valence-corrected chi connectivity index (χ2v) is 9.03. The number of aromatic hydroxyl groups is 1. The van der Waals surface area contributed by atoms with Crippen molar-refractivity contribution in [3.05, 3.63) is 70.3 Å². The van der Waals surface area contributed by atoms with Crippen molar-refractivity contribution in [3.63, 3.8) is 0 Å². The molecule has 2 heteroatoms. The molecule has 0 aliphatic carbocycles. The molecule has 1 unspecified atom stereocenters. The molecule has 152 valence electrons. The number of hydrogen-bond acceptors (Lipinski definition) is 2. The van der Waals surface area contributed by atoms with Crippen molar-refractivity contribution < 1.29 is 10.2 Å². The van der Waals surface area contributed by atoms with Crippen LogP contribution in [0.15, 0.2) is 42.5 Å². The molecule has 0 amide bonds. The lowest BCUT2D eigenvalue weighted by atomic mass is 9.70. The number of phenolic OH excluding ortho intramolecular Hbond substituents is 1. The predicted molar refractivity (Wildman–Crippen MR) is 120 cm³/mol. The van der Waals surface area contributed by atoms with Gasteiger partial charge in [-0.15, -0.1) is 0 Å². The third kappa shape index (κ3) is 4.50. The first-order chi connectivity index (χ1) is 13.0. The summed E-state index contributed by atoms with van der Waals surface area (Å²) in [5.41, 5.74) is 5.56. The van der Waals surface area contributed by atoms with Crippen LogP contribution in [0.1, 0.15) is 75.3 Å². The summed E-state index contributed by atoms with van der Waals surface area (Å²) in [4.78, 5) is 0. The SMILES string of the molecule is CCC(CC)(c1ccc(O)c(C)c1)c1ccc(/C=C\C(O)C(C)(C)C)c(C)c1. The van der Waals surface area contributed by atoms with Gasteiger partial charge in [0.05, 0.1) is 6.10 Å². The van der Waals surface area contributed by atoms with E-state index in [1.54, 1.807) is 0 Å². The molecular formula is C26H36O2. The molecule has 0 fully saturated rings. The highest BCUT2D eigenvalue weighted by Crippen LogP contribution is 2.40. The first-order valence-electron chi connectivity index (χ1n) is 10.3. The van der Waals surface area contributed by atoms with Crippen molar-refractivity contribution in [2.75, 3.05) is 0 Å². The van der Waals surface area contributed by atoms with Crippen LogP contribution in [0.2, 0.25) is 0 Å². The average Bonchev–Trinajstić information content (AvgIpc) is 2.64. The number of aryl methyl sites for hydroxylation is 2. The van der Waals surface area contributed by atoms with Crippen LogP contribution in [-0.2, 0) is 5.41 Å². The van der Waals surface area contributed by atoms with E-state index in [0.717, 1.165) is 24.0 Å². The zero-order valence-electron chi connectivity index (χ0n) is 18.5. The molecule has 0 spiro atoms. The fourth-order valence-corrected chi connectivity index (χ4v) is 3.83. The van der Waals surface area contributed by atoms with Gasteiger partial charge in [-0.25, -0.2) is 0 Å². The van der Waals surface area contributed by atoms with Crippen LogP contribution < -0.4 is 0 Å². The summed E-state index contributed by atoms with van der Waals surface area (Å²) in [5, 5.41) is 20.2. The highest BCUT2D eigenvalue weighted by atomic mass is 16.3. The maximum atomic E-state index is 10.3. The molecule has 0 saturated heterocycles. The Morgan fingerprint density at radius 3 is 1.89 bits per heavy atom. The second kappa shape index (κ2) is 8.53. The van der Waals surface area contributed by atoms with E-state index >= 15 is 0 Å². The molecule has 2 aromatic carbocycles. The van der Waals surface area contributed by atoms with Crippen molar-refractivity contribution in [2.45, 2.75) is 72.8 Å². The Kier molecular flexibility index (Phi) is 6.77. The van der Waals surface area contributed by atoms with Gasteiger partial charge in [-0.3, -0.25) is 0 Å². The fraction of sp³-hybridized carbons (Fsp3) is 0.462. The number of aliphatic hydroxyl groups excluding tert-OH is 1. The van der Waals surface area contributed by atoms with E-state index in [9.17, 15) is 10.2 Å². The minimum Gasteiger partial charge on any atom is -0.508 e. The Morgan fingerprint density at radius 2 is 1.43 bits per heavy atom. The topological polar surface area (TPSA) is 40.5 Å². The van der Waals surface area contributed by atoms with Crippen molar-refractivity contribution in [2.24, 2.45) is 5.41 Å². The van der Waals surface area contributed by atoms with Crippen molar-refractivity contribution in [1.29, 1.82) is 0 Å². The van der Waals surface area contributed by atoms with E-state index in [0.29, 0.717) is 5.75 Å². The summed E-state index contributed by atoms with van der Waals surface area (Å²) in [6.07, 6.45) is 5.42. The van der Waals surface area contributed by atoms with Crippen LogP contribution in [-0.4, -0.2) is 16.3 Å². The highest BCUT2D eigenvalue weighted by Gasteiger charge is 2.31. The third-order valence-electron chi connectivity index (χ3n) is 6.12. The van der Waals surface area contributed by atoms with Crippen LogP contribution in [0.3, 0.4) is 0 Å². The Morgan fingerprint density at radius 1 is 0.893 bits per heavy atom. The number of rotatable bonds is 6. The van der Waals surface area contributed by atoms with Gasteiger partial charge in [0.15, 0.2) is 0 Å². The summed E-state index contributed by atoms with van der Waals surface area (Å²) in [6, 6.07) is 12.6. The molecule has 2 N–H and O–H groups in total. The highest BCUT2D eigenvalue weighted by molar-refractivity contribution is 5.56. The quantitative estimate of drug-likeness (QED) is 0.597. The van der Waals surface area contributed by atoms with Gasteiger partial charge in [0.1, 0.15) is 5.75 Å². The monoisotopic (exact) mass is 380 g/mol. The van der Waals surface area contributed by atoms with Gasteiger partial charge >= 0.3 is 0 Å². The predicted octanol–water partition coefficient (Wildman–Crippen LogP) is 6.54. The molecule has 0 saturated carbocycles. The van der Waals surface area contributed by atoms with Crippen molar-refractivity contribution >= 4 is 6.08 Å². The van der Waals surface area contributed by atoms with E-state index in [-0.39, 0.29) is 10.8 Å². The number of aliphatic hydroxyl groups is 1. The maximum absolute atomic E-state index is 10.3. The van der Waals surface area contributed by atoms with Crippen LogP contribution in [0.25, 0.3) is 6.08 Å². The number of benzene rings is 2. The molecular weight excluding hydrogens is 344 g/mol. The molecule has 0 aliphatic heterocycles. The Balaban J connectivity index is 2.45. The van der Waals surface area contributed by atoms with Crippen molar-refractivity contribution in [3.8, 4) is 5.75 Å². The maximum Gasteiger partial charge on any atom is 0.118 e. The Hall–Kier alpha value is -2.06. The van der Waals surface area contributed by atoms with Crippen LogP contribution in [0.4, 0.5) is 0 Å². The van der Waals surface area contributed by atoms with E-state index in [1.807, 2.05) is 45.9 Å². The molecule has 0 bridgehead atoms. The lowest BCUT2D eigenvalue weighted by molar-refractivity contribution is 0.106. The Labute approximate surface area is 170 Å². The summed E-state index contributed by atoms with van der Waals surface area (Å²) in [5.74, 6) is 0.346. The lowest BCUT2D eigenvalue weighted by Crippen LogP contribution is -2.26. The summed E-state index contributed by atoms with van der Waals surface area (Å²) >= 11 is 0. The third-order valence-corrected chi connectivity index (χ3v) is 6.12. The first kappa shape index (κ1) is 22.2. The fourth-order valence-electron chi connectivity index (χ4n) is 3.83. The molecule has 2 rings (SSSR count).